The highest BCUT2D eigenvalue weighted by atomic mass is 16.3. The van der Waals surface area contributed by atoms with Crippen molar-refractivity contribution in [3.05, 3.63) is 53.1 Å². The highest BCUT2D eigenvalue weighted by molar-refractivity contribution is 6.03. The van der Waals surface area contributed by atoms with E-state index >= 15 is 0 Å². The Morgan fingerprint density at radius 1 is 1.24 bits per heavy atom. The number of hydrogen-bond donors (Lipinski definition) is 2. The van der Waals surface area contributed by atoms with Gasteiger partial charge in [-0.15, -0.1) is 0 Å². The molecule has 0 radical (unpaired) electrons. The summed E-state index contributed by atoms with van der Waals surface area (Å²) in [6, 6.07) is 7.69. The molecule has 0 aromatic heterocycles. The van der Waals surface area contributed by atoms with Gasteiger partial charge in [0.25, 0.3) is 5.91 Å². The number of aryl methyl sites for hydroxylation is 2. The summed E-state index contributed by atoms with van der Waals surface area (Å²) in [4.78, 5) is 14.9. The Morgan fingerprint density at radius 3 is 2.52 bits per heavy atom. The van der Waals surface area contributed by atoms with Gasteiger partial charge in [-0.3, -0.25) is 4.79 Å². The molecule has 0 unspecified atom stereocenters. The molecule has 1 amide bonds. The van der Waals surface area contributed by atoms with Crippen molar-refractivity contribution in [3.8, 4) is 22.6 Å². The molecule has 0 spiro atoms. The maximum Gasteiger partial charge on any atom is 0.258 e. The van der Waals surface area contributed by atoms with Crippen molar-refractivity contribution in [3.63, 3.8) is 0 Å². The van der Waals surface area contributed by atoms with Gasteiger partial charge in [-0.25, -0.2) is 0 Å². The van der Waals surface area contributed by atoms with Crippen molar-refractivity contribution in [2.45, 2.75) is 59.4 Å². The van der Waals surface area contributed by atoms with Crippen molar-refractivity contribution in [1.29, 1.82) is 0 Å². The van der Waals surface area contributed by atoms with E-state index in [-0.39, 0.29) is 23.4 Å². The van der Waals surface area contributed by atoms with E-state index in [1.807, 2.05) is 39.0 Å². The number of allylic oxidation sites excluding steroid dienone is 1. The van der Waals surface area contributed by atoms with E-state index in [1.54, 1.807) is 11.0 Å². The third kappa shape index (κ3) is 4.16. The van der Waals surface area contributed by atoms with Gasteiger partial charge in [-0.1, -0.05) is 55.7 Å². The molecule has 2 aromatic rings. The lowest BCUT2D eigenvalue weighted by molar-refractivity contribution is 0.0872. The summed E-state index contributed by atoms with van der Waals surface area (Å²) in [6.07, 6.45) is 3.66. The predicted octanol–water partition coefficient (Wildman–Crippen LogP) is 5.68. The van der Waals surface area contributed by atoms with Crippen LogP contribution in [0.25, 0.3) is 16.7 Å². The molecule has 154 valence electrons. The molecule has 1 saturated heterocycles. The van der Waals surface area contributed by atoms with E-state index in [2.05, 4.69) is 13.5 Å². The summed E-state index contributed by atoms with van der Waals surface area (Å²) in [7, 11) is 0. The minimum atomic E-state index is -0.160. The minimum Gasteiger partial charge on any atom is -0.507 e. The fourth-order valence-corrected chi connectivity index (χ4v) is 3.88. The summed E-state index contributed by atoms with van der Waals surface area (Å²) in [5, 5.41) is 22.1. The van der Waals surface area contributed by atoms with Crippen molar-refractivity contribution < 1.29 is 15.0 Å². The summed E-state index contributed by atoms with van der Waals surface area (Å²) >= 11 is 0. The molecule has 29 heavy (non-hydrogen) atoms. The van der Waals surface area contributed by atoms with Crippen LogP contribution in [0.2, 0.25) is 0 Å². The first-order chi connectivity index (χ1) is 13.8. The first kappa shape index (κ1) is 21.0. The van der Waals surface area contributed by atoms with Gasteiger partial charge >= 0.3 is 0 Å². The van der Waals surface area contributed by atoms with Crippen LogP contribution in [0.1, 0.15) is 67.1 Å². The Morgan fingerprint density at radius 2 is 1.93 bits per heavy atom. The Bertz CT molecular complexity index is 961. The zero-order chi connectivity index (χ0) is 21.3. The zero-order valence-corrected chi connectivity index (χ0v) is 17.9. The van der Waals surface area contributed by atoms with Gasteiger partial charge in [0.2, 0.25) is 0 Å². The summed E-state index contributed by atoms with van der Waals surface area (Å²) in [5.41, 5.74) is 4.72. The molecular formula is C25H31NO3. The van der Waals surface area contributed by atoms with Crippen molar-refractivity contribution in [1.82, 2.24) is 4.90 Å². The van der Waals surface area contributed by atoms with Crippen LogP contribution in [-0.2, 0) is 6.42 Å². The highest BCUT2D eigenvalue weighted by Gasteiger charge is 2.38. The monoisotopic (exact) mass is 393 g/mol. The lowest BCUT2D eigenvalue weighted by Gasteiger charge is -2.19. The standard InChI is InChI=1S/C25H31NO3/c1-6-7-8-9-18-13-21(27)23(20-12-16(4)10-11-19(20)15(2)3)24(28)22(18)25(29)26-14-17(26)5/h10-13,17,27-28H,2,6-9,14H2,1,3-5H3/t17-,26?/m0/s1. The molecule has 0 saturated carbocycles. The summed E-state index contributed by atoms with van der Waals surface area (Å²) in [6.45, 7) is 12.7. The van der Waals surface area contributed by atoms with E-state index in [0.717, 1.165) is 36.0 Å². The van der Waals surface area contributed by atoms with E-state index in [9.17, 15) is 15.0 Å². The van der Waals surface area contributed by atoms with Gasteiger partial charge in [0.15, 0.2) is 0 Å². The Kier molecular flexibility index (Phi) is 6.02. The van der Waals surface area contributed by atoms with Crippen LogP contribution >= 0.6 is 0 Å². The minimum absolute atomic E-state index is 0.00232. The average Bonchev–Trinajstić information content (AvgIpc) is 3.38. The van der Waals surface area contributed by atoms with Gasteiger partial charge < -0.3 is 15.1 Å². The molecule has 4 nitrogen and oxygen atoms in total. The SMILES string of the molecule is C=C(C)c1ccc(C)cc1-c1c(O)cc(CCCCC)c(C(=O)N2C[C@@H]2C)c1O. The Labute approximate surface area is 173 Å². The fraction of sp³-hybridized carbons (Fsp3) is 0.400. The largest absolute Gasteiger partial charge is 0.507 e. The molecule has 0 aliphatic carbocycles. The third-order valence-electron chi connectivity index (χ3n) is 5.65. The number of phenolic OH excluding ortho intramolecular Hbond substituents is 2. The lowest BCUT2D eigenvalue weighted by Crippen LogP contribution is -2.16. The fourth-order valence-electron chi connectivity index (χ4n) is 3.88. The molecule has 0 bridgehead atoms. The number of rotatable bonds is 7. The number of amides is 1. The molecule has 1 fully saturated rings. The number of nitrogens with zero attached hydrogens (tertiary/aromatic N) is 1. The number of carbonyl (C=O) groups excluding carboxylic acids is 1. The van der Waals surface area contributed by atoms with Crippen LogP contribution in [0.5, 0.6) is 11.5 Å². The van der Waals surface area contributed by atoms with Crippen LogP contribution in [0.3, 0.4) is 0 Å². The second-order valence-electron chi connectivity index (χ2n) is 8.25. The van der Waals surface area contributed by atoms with E-state index in [4.69, 9.17) is 0 Å². The molecule has 2 aromatic carbocycles. The quantitative estimate of drug-likeness (QED) is 0.470. The Hall–Kier alpha value is -2.75. The topological polar surface area (TPSA) is 60.5 Å². The molecule has 1 aliphatic rings. The van der Waals surface area contributed by atoms with Crippen LogP contribution in [0, 0.1) is 6.92 Å². The van der Waals surface area contributed by atoms with Gasteiger partial charge in [0, 0.05) is 12.6 Å². The third-order valence-corrected chi connectivity index (χ3v) is 5.65. The maximum atomic E-state index is 13.1. The first-order valence-electron chi connectivity index (χ1n) is 10.4. The Balaban J connectivity index is 2.20. The van der Waals surface area contributed by atoms with Gasteiger partial charge in [-0.05, 0) is 56.4 Å². The maximum absolute atomic E-state index is 13.1. The van der Waals surface area contributed by atoms with Gasteiger partial charge in [0.1, 0.15) is 11.5 Å². The smallest absolute Gasteiger partial charge is 0.258 e. The molecular weight excluding hydrogens is 362 g/mol. The van der Waals surface area contributed by atoms with Crippen LogP contribution in [0.4, 0.5) is 0 Å². The number of hydrogen-bond acceptors (Lipinski definition) is 3. The average molecular weight is 394 g/mol. The first-order valence-corrected chi connectivity index (χ1v) is 10.4. The van der Waals surface area contributed by atoms with Crippen molar-refractivity contribution in [2.75, 3.05) is 6.54 Å². The molecule has 2 N–H and O–H groups in total. The number of carbonyl (C=O) groups is 1. The van der Waals surface area contributed by atoms with Gasteiger partial charge in [0.05, 0.1) is 11.1 Å². The lowest BCUT2D eigenvalue weighted by atomic mass is 9.89. The van der Waals surface area contributed by atoms with E-state index in [0.29, 0.717) is 35.2 Å². The second kappa shape index (κ2) is 8.32. The van der Waals surface area contributed by atoms with Gasteiger partial charge in [-0.2, -0.15) is 0 Å². The summed E-state index contributed by atoms with van der Waals surface area (Å²) in [5.74, 6) is -0.293. The number of benzene rings is 2. The molecule has 1 atom stereocenters. The molecule has 4 heteroatoms. The van der Waals surface area contributed by atoms with Crippen LogP contribution in [0.15, 0.2) is 30.8 Å². The summed E-state index contributed by atoms with van der Waals surface area (Å²) < 4.78 is 0. The number of unbranched alkanes of at least 4 members (excludes halogenated alkanes) is 2. The number of phenols is 2. The van der Waals surface area contributed by atoms with E-state index in [1.165, 1.54) is 0 Å². The molecule has 1 aliphatic heterocycles. The highest BCUT2D eigenvalue weighted by Crippen LogP contribution is 2.45. The van der Waals surface area contributed by atoms with E-state index < -0.39 is 0 Å². The predicted molar refractivity (Wildman–Crippen MR) is 118 cm³/mol. The molecule has 1 heterocycles. The van der Waals surface area contributed by atoms with Crippen LogP contribution < -0.4 is 0 Å². The second-order valence-corrected chi connectivity index (χ2v) is 8.25. The number of aromatic hydroxyl groups is 2. The zero-order valence-electron chi connectivity index (χ0n) is 17.9. The molecule has 3 rings (SSSR count). The van der Waals surface area contributed by atoms with Crippen LogP contribution in [-0.4, -0.2) is 33.6 Å². The van der Waals surface area contributed by atoms with Crippen molar-refractivity contribution in [2.24, 2.45) is 0 Å². The normalized spacial score (nSPS) is 15.4. The van der Waals surface area contributed by atoms with Crippen molar-refractivity contribution >= 4 is 11.5 Å².